The maximum Gasteiger partial charge on any atom is 0.573 e. The highest BCUT2D eigenvalue weighted by Gasteiger charge is 2.33. The topological polar surface area (TPSA) is 84.5 Å². The van der Waals surface area contributed by atoms with E-state index in [0.717, 1.165) is 12.1 Å². The number of carbonyl (C=O) groups is 1. The minimum Gasteiger partial charge on any atom is -0.404 e. The van der Waals surface area contributed by atoms with Crippen LogP contribution in [0.5, 0.6) is 5.75 Å². The van der Waals surface area contributed by atoms with Crippen molar-refractivity contribution in [3.63, 3.8) is 0 Å². The summed E-state index contributed by atoms with van der Waals surface area (Å²) >= 11 is 0. The molecule has 0 radical (unpaired) electrons. The minimum absolute atomic E-state index is 0.168. The number of hydrogen-bond acceptors (Lipinski definition) is 4. The first-order valence-electron chi connectivity index (χ1n) is 7.84. The third kappa shape index (κ3) is 5.97. The van der Waals surface area contributed by atoms with Gasteiger partial charge in [0.15, 0.2) is 0 Å². The molecule has 0 saturated carbocycles. The van der Waals surface area contributed by atoms with E-state index in [2.05, 4.69) is 14.8 Å². The van der Waals surface area contributed by atoms with Crippen LogP contribution in [0.2, 0.25) is 0 Å². The van der Waals surface area contributed by atoms with Crippen LogP contribution in [0.3, 0.4) is 0 Å². The molecule has 10 heteroatoms. The second-order valence-corrected chi connectivity index (χ2v) is 7.11. The van der Waals surface area contributed by atoms with Crippen LogP contribution < -0.4 is 14.8 Å². The molecule has 0 aliphatic heterocycles. The molecule has 6 nitrogen and oxygen atoms in total. The zero-order chi connectivity index (χ0) is 20.1. The van der Waals surface area contributed by atoms with Crippen LogP contribution in [0.1, 0.15) is 22.8 Å². The molecule has 0 aliphatic rings. The van der Waals surface area contributed by atoms with Gasteiger partial charge in [-0.05, 0) is 36.8 Å². The molecule has 0 aromatic heterocycles. The molecule has 0 atom stereocenters. The Kier molecular flexibility index (Phi) is 6.45. The molecule has 2 aromatic rings. The van der Waals surface area contributed by atoms with Crippen molar-refractivity contribution in [2.45, 2.75) is 24.7 Å². The average molecular weight is 402 g/mol. The Hall–Kier alpha value is -2.59. The monoisotopic (exact) mass is 402 g/mol. The standard InChI is InChI=1S/C17H17F3N2O4S/c1-2-21-16(23)13-9-7-12(8-10-13)11-22-27(24,25)15-6-4-3-5-14(15)26-17(18,19)20/h3-10,22H,2,11H2,1H3,(H,21,23). The molecule has 1 amide bonds. The van der Waals surface area contributed by atoms with Crippen LogP contribution in [-0.2, 0) is 16.6 Å². The quantitative estimate of drug-likeness (QED) is 0.746. The molecule has 0 heterocycles. The summed E-state index contributed by atoms with van der Waals surface area (Å²) < 4.78 is 68.0. The molecule has 2 aromatic carbocycles. The van der Waals surface area contributed by atoms with Gasteiger partial charge in [0.2, 0.25) is 10.0 Å². The lowest BCUT2D eigenvalue weighted by Gasteiger charge is -2.14. The van der Waals surface area contributed by atoms with E-state index in [9.17, 15) is 26.4 Å². The summed E-state index contributed by atoms with van der Waals surface area (Å²) in [4.78, 5) is 11.1. The number of nitrogens with one attached hydrogen (secondary N) is 2. The third-order valence-electron chi connectivity index (χ3n) is 3.38. The predicted molar refractivity (Wildman–Crippen MR) is 91.6 cm³/mol. The Morgan fingerprint density at radius 1 is 1.07 bits per heavy atom. The molecule has 0 unspecified atom stereocenters. The Bertz CT molecular complexity index is 897. The molecular weight excluding hydrogens is 385 g/mol. The summed E-state index contributed by atoms with van der Waals surface area (Å²) in [5.41, 5.74) is 0.938. The molecule has 2 rings (SSSR count). The Morgan fingerprint density at radius 2 is 1.70 bits per heavy atom. The van der Waals surface area contributed by atoms with Crippen LogP contribution in [-0.4, -0.2) is 27.2 Å². The van der Waals surface area contributed by atoms with Gasteiger partial charge in [-0.3, -0.25) is 4.79 Å². The first-order chi connectivity index (χ1) is 12.6. The van der Waals surface area contributed by atoms with Gasteiger partial charge in [-0.2, -0.15) is 0 Å². The smallest absolute Gasteiger partial charge is 0.404 e. The SMILES string of the molecule is CCNC(=O)c1ccc(CNS(=O)(=O)c2ccccc2OC(F)(F)F)cc1. The van der Waals surface area contributed by atoms with Gasteiger partial charge in [0.05, 0.1) is 0 Å². The highest BCUT2D eigenvalue weighted by molar-refractivity contribution is 7.89. The fraction of sp³-hybridized carbons (Fsp3) is 0.235. The second-order valence-electron chi connectivity index (χ2n) is 5.38. The van der Waals surface area contributed by atoms with E-state index in [4.69, 9.17) is 0 Å². The zero-order valence-corrected chi connectivity index (χ0v) is 15.0. The van der Waals surface area contributed by atoms with Crippen molar-refractivity contribution >= 4 is 15.9 Å². The molecular formula is C17H17F3N2O4S. The summed E-state index contributed by atoms with van der Waals surface area (Å²) in [7, 11) is -4.25. The summed E-state index contributed by atoms with van der Waals surface area (Å²) in [6.45, 7) is 2.08. The summed E-state index contributed by atoms with van der Waals surface area (Å²) in [5, 5.41) is 2.63. The number of ether oxygens (including phenoxy) is 1. The van der Waals surface area contributed by atoms with Crippen molar-refractivity contribution in [2.75, 3.05) is 6.54 Å². The first kappa shape index (κ1) is 20.7. The van der Waals surface area contributed by atoms with E-state index < -0.39 is 27.0 Å². The number of hydrogen-bond donors (Lipinski definition) is 2. The predicted octanol–water partition coefficient (Wildman–Crippen LogP) is 2.81. The van der Waals surface area contributed by atoms with Gasteiger partial charge in [0, 0.05) is 18.7 Å². The second kappa shape index (κ2) is 8.40. The van der Waals surface area contributed by atoms with Gasteiger partial charge >= 0.3 is 6.36 Å². The van der Waals surface area contributed by atoms with Crippen LogP contribution >= 0.6 is 0 Å². The van der Waals surface area contributed by atoms with Gasteiger partial charge in [0.1, 0.15) is 10.6 Å². The highest BCUT2D eigenvalue weighted by Crippen LogP contribution is 2.29. The van der Waals surface area contributed by atoms with Crippen molar-refractivity contribution in [2.24, 2.45) is 0 Å². The molecule has 27 heavy (non-hydrogen) atoms. The number of carbonyl (C=O) groups excluding carboxylic acids is 1. The summed E-state index contributed by atoms with van der Waals surface area (Å²) in [6, 6.07) is 10.6. The summed E-state index contributed by atoms with van der Waals surface area (Å²) in [6.07, 6.45) is -5.01. The van der Waals surface area contributed by atoms with Crippen molar-refractivity contribution in [1.29, 1.82) is 0 Å². The number of para-hydroxylation sites is 1. The largest absolute Gasteiger partial charge is 0.573 e. The van der Waals surface area contributed by atoms with Crippen molar-refractivity contribution in [3.05, 3.63) is 59.7 Å². The van der Waals surface area contributed by atoms with Crippen LogP contribution in [0.15, 0.2) is 53.4 Å². The normalized spacial score (nSPS) is 11.9. The van der Waals surface area contributed by atoms with Crippen LogP contribution in [0, 0.1) is 0 Å². The lowest BCUT2D eigenvalue weighted by molar-refractivity contribution is -0.275. The van der Waals surface area contributed by atoms with E-state index in [1.807, 2.05) is 0 Å². The van der Waals surface area contributed by atoms with Gasteiger partial charge in [-0.25, -0.2) is 13.1 Å². The molecule has 0 fully saturated rings. The fourth-order valence-electron chi connectivity index (χ4n) is 2.17. The molecule has 0 bridgehead atoms. The molecule has 0 spiro atoms. The third-order valence-corrected chi connectivity index (χ3v) is 4.82. The van der Waals surface area contributed by atoms with Gasteiger partial charge in [-0.1, -0.05) is 24.3 Å². The zero-order valence-electron chi connectivity index (χ0n) is 14.2. The van der Waals surface area contributed by atoms with Crippen LogP contribution in [0.25, 0.3) is 0 Å². The number of sulfonamides is 1. The molecule has 146 valence electrons. The fourth-order valence-corrected chi connectivity index (χ4v) is 3.32. The van der Waals surface area contributed by atoms with Gasteiger partial charge in [0.25, 0.3) is 5.91 Å². The number of alkyl halides is 3. The van der Waals surface area contributed by atoms with Crippen molar-refractivity contribution in [1.82, 2.24) is 10.0 Å². The maximum absolute atomic E-state index is 12.4. The number of amides is 1. The lowest BCUT2D eigenvalue weighted by Crippen LogP contribution is -2.26. The Balaban J connectivity index is 2.13. The van der Waals surface area contributed by atoms with E-state index >= 15 is 0 Å². The lowest BCUT2D eigenvalue weighted by atomic mass is 10.1. The van der Waals surface area contributed by atoms with Gasteiger partial charge in [-0.15, -0.1) is 13.2 Å². The average Bonchev–Trinajstić information content (AvgIpc) is 2.60. The van der Waals surface area contributed by atoms with E-state index in [-0.39, 0.29) is 12.5 Å². The number of benzene rings is 2. The number of halogens is 3. The molecule has 0 aliphatic carbocycles. The van der Waals surface area contributed by atoms with Gasteiger partial charge < -0.3 is 10.1 Å². The Morgan fingerprint density at radius 3 is 2.30 bits per heavy atom. The maximum atomic E-state index is 12.4. The van der Waals surface area contributed by atoms with Crippen LogP contribution in [0.4, 0.5) is 13.2 Å². The van der Waals surface area contributed by atoms with Crippen molar-refractivity contribution < 1.29 is 31.1 Å². The molecule has 2 N–H and O–H groups in total. The summed E-state index contributed by atoms with van der Waals surface area (Å²) in [5.74, 6) is -1.08. The van der Waals surface area contributed by atoms with Crippen molar-refractivity contribution in [3.8, 4) is 5.75 Å². The highest BCUT2D eigenvalue weighted by atomic mass is 32.2. The van der Waals surface area contributed by atoms with E-state index in [0.29, 0.717) is 17.7 Å². The Labute approximate surface area is 154 Å². The van der Waals surface area contributed by atoms with E-state index in [1.165, 1.54) is 24.3 Å². The minimum atomic E-state index is -5.01. The number of rotatable bonds is 7. The van der Waals surface area contributed by atoms with E-state index in [1.54, 1.807) is 19.1 Å². The first-order valence-corrected chi connectivity index (χ1v) is 9.32. The molecule has 0 saturated heterocycles.